The van der Waals surface area contributed by atoms with Crippen LogP contribution in [0.4, 0.5) is 10.4 Å². The maximum Gasteiger partial charge on any atom is 0.322 e. The zero-order valence-electron chi connectivity index (χ0n) is 13.9. The van der Waals surface area contributed by atoms with Crippen molar-refractivity contribution in [2.45, 2.75) is 11.3 Å². The third-order valence-electron chi connectivity index (χ3n) is 3.41. The summed E-state index contributed by atoms with van der Waals surface area (Å²) in [7, 11) is 1.60. The first-order chi connectivity index (χ1) is 12.6. The van der Waals surface area contributed by atoms with Crippen LogP contribution in [0.15, 0.2) is 57.8 Å². The van der Waals surface area contributed by atoms with Gasteiger partial charge in [-0.3, -0.25) is 10.1 Å². The van der Waals surface area contributed by atoms with Crippen LogP contribution in [0.3, 0.4) is 0 Å². The van der Waals surface area contributed by atoms with Gasteiger partial charge in [0.1, 0.15) is 11.6 Å². The van der Waals surface area contributed by atoms with E-state index < -0.39 is 0 Å². The van der Waals surface area contributed by atoms with Crippen LogP contribution in [0.25, 0.3) is 0 Å². The molecule has 1 aromatic heterocycles. The van der Waals surface area contributed by atoms with Crippen molar-refractivity contribution in [2.24, 2.45) is 0 Å². The Morgan fingerprint density at radius 2 is 1.88 bits per heavy atom. The lowest BCUT2D eigenvalue weighted by Crippen LogP contribution is -2.14. The molecule has 0 bridgehead atoms. The molecule has 2 aromatic carbocycles. The number of aromatic nitrogens is 2. The quantitative estimate of drug-likeness (QED) is 0.639. The molecular weight excluding hydrogens is 357 g/mol. The smallest absolute Gasteiger partial charge is 0.322 e. The maximum absolute atomic E-state index is 12.9. The summed E-state index contributed by atoms with van der Waals surface area (Å²) >= 11 is 1.38. The van der Waals surface area contributed by atoms with Crippen molar-refractivity contribution in [3.8, 4) is 5.75 Å². The fourth-order valence-corrected chi connectivity index (χ4v) is 2.83. The Morgan fingerprint density at radius 1 is 1.15 bits per heavy atom. The summed E-state index contributed by atoms with van der Waals surface area (Å²) in [5, 5.41) is 10.2. The van der Waals surface area contributed by atoms with Crippen LogP contribution >= 0.6 is 11.8 Å². The summed E-state index contributed by atoms with van der Waals surface area (Å²) in [6.45, 7) is 0. The van der Waals surface area contributed by atoms with E-state index in [1.807, 2.05) is 24.3 Å². The number of nitrogens with zero attached hydrogens (tertiary/aromatic N) is 2. The molecule has 0 atom stereocenters. The fraction of sp³-hybridized carbons (Fsp3) is 0.167. The lowest BCUT2D eigenvalue weighted by Gasteiger charge is -2.03. The molecule has 8 heteroatoms. The van der Waals surface area contributed by atoms with Crippen LogP contribution < -0.4 is 10.1 Å². The number of nitrogens with one attached hydrogen (secondary N) is 1. The molecule has 0 unspecified atom stereocenters. The van der Waals surface area contributed by atoms with Gasteiger partial charge in [-0.1, -0.05) is 17.2 Å². The SMILES string of the molecule is COc1ccc(SCC(=O)Nc2nnc(Cc3ccc(F)cc3)o2)cc1. The first kappa shape index (κ1) is 17.9. The van der Waals surface area contributed by atoms with Gasteiger partial charge in [-0.25, -0.2) is 4.39 Å². The van der Waals surface area contributed by atoms with Gasteiger partial charge in [0, 0.05) is 4.90 Å². The summed E-state index contributed by atoms with van der Waals surface area (Å²) in [6.07, 6.45) is 0.365. The van der Waals surface area contributed by atoms with E-state index in [4.69, 9.17) is 9.15 Å². The molecule has 1 N–H and O–H groups in total. The van der Waals surface area contributed by atoms with Crippen molar-refractivity contribution in [1.29, 1.82) is 0 Å². The number of benzene rings is 2. The normalized spacial score (nSPS) is 10.5. The number of ether oxygens (including phenoxy) is 1. The van der Waals surface area contributed by atoms with E-state index in [1.54, 1.807) is 19.2 Å². The molecule has 0 aliphatic rings. The van der Waals surface area contributed by atoms with E-state index in [9.17, 15) is 9.18 Å². The van der Waals surface area contributed by atoms with Gasteiger partial charge in [-0.15, -0.1) is 16.9 Å². The van der Waals surface area contributed by atoms with Crippen LogP contribution in [0, 0.1) is 5.82 Å². The first-order valence-electron chi connectivity index (χ1n) is 7.76. The summed E-state index contributed by atoms with van der Waals surface area (Å²) < 4.78 is 23.4. The predicted octanol–water partition coefficient (Wildman–Crippen LogP) is 3.54. The van der Waals surface area contributed by atoms with Crippen molar-refractivity contribution in [1.82, 2.24) is 10.2 Å². The Kier molecular flexibility index (Phi) is 5.85. The molecule has 134 valence electrons. The first-order valence-corrected chi connectivity index (χ1v) is 8.74. The minimum Gasteiger partial charge on any atom is -0.497 e. The predicted molar refractivity (Wildman–Crippen MR) is 95.9 cm³/mol. The number of carbonyl (C=O) groups is 1. The summed E-state index contributed by atoms with van der Waals surface area (Å²) in [4.78, 5) is 12.9. The van der Waals surface area contributed by atoms with Crippen LogP contribution in [0.5, 0.6) is 5.75 Å². The van der Waals surface area contributed by atoms with Crippen LogP contribution in [0.1, 0.15) is 11.5 Å². The zero-order chi connectivity index (χ0) is 18.4. The number of hydrogen-bond acceptors (Lipinski definition) is 6. The topological polar surface area (TPSA) is 77.2 Å². The lowest BCUT2D eigenvalue weighted by atomic mass is 10.1. The molecule has 1 heterocycles. The Labute approximate surface area is 153 Å². The van der Waals surface area contributed by atoms with E-state index >= 15 is 0 Å². The summed E-state index contributed by atoms with van der Waals surface area (Å²) in [5.41, 5.74) is 0.836. The average molecular weight is 373 g/mol. The van der Waals surface area contributed by atoms with E-state index in [-0.39, 0.29) is 23.5 Å². The van der Waals surface area contributed by atoms with Crippen molar-refractivity contribution in [3.63, 3.8) is 0 Å². The third kappa shape index (κ3) is 5.06. The van der Waals surface area contributed by atoms with Gasteiger partial charge in [-0.2, -0.15) is 0 Å². The number of halogens is 1. The molecule has 0 saturated heterocycles. The highest BCUT2D eigenvalue weighted by Gasteiger charge is 2.11. The second-order valence-electron chi connectivity index (χ2n) is 5.32. The number of anilines is 1. The Morgan fingerprint density at radius 3 is 2.58 bits per heavy atom. The van der Waals surface area contributed by atoms with Gasteiger partial charge < -0.3 is 9.15 Å². The van der Waals surface area contributed by atoms with Gasteiger partial charge in [0.15, 0.2) is 0 Å². The van der Waals surface area contributed by atoms with Gasteiger partial charge in [0.05, 0.1) is 19.3 Å². The highest BCUT2D eigenvalue weighted by molar-refractivity contribution is 8.00. The van der Waals surface area contributed by atoms with Gasteiger partial charge >= 0.3 is 6.01 Å². The minimum atomic E-state index is -0.304. The van der Waals surface area contributed by atoms with Crippen LogP contribution in [-0.4, -0.2) is 29.0 Å². The second-order valence-corrected chi connectivity index (χ2v) is 6.37. The minimum absolute atomic E-state index is 0.0439. The lowest BCUT2D eigenvalue weighted by molar-refractivity contribution is -0.113. The molecular formula is C18H16FN3O3S. The highest BCUT2D eigenvalue weighted by Crippen LogP contribution is 2.21. The van der Waals surface area contributed by atoms with Gasteiger partial charge in [0.2, 0.25) is 11.8 Å². The molecule has 26 heavy (non-hydrogen) atoms. The molecule has 1 amide bonds. The monoisotopic (exact) mass is 373 g/mol. The van der Waals surface area contributed by atoms with Crippen LogP contribution in [-0.2, 0) is 11.2 Å². The Balaban J connectivity index is 1.49. The molecule has 0 spiro atoms. The number of thioether (sulfide) groups is 1. The number of rotatable bonds is 7. The van der Waals surface area contributed by atoms with E-state index in [0.29, 0.717) is 12.3 Å². The number of carbonyl (C=O) groups excluding carboxylic acids is 1. The standard InChI is InChI=1S/C18H16FN3O3S/c1-24-14-6-8-15(9-7-14)26-11-16(23)20-18-22-21-17(25-18)10-12-2-4-13(19)5-3-12/h2-9H,10-11H2,1H3,(H,20,22,23). The van der Waals surface area contributed by atoms with Crippen molar-refractivity contribution in [3.05, 3.63) is 65.8 Å². The second kappa shape index (κ2) is 8.48. The fourth-order valence-electron chi connectivity index (χ4n) is 2.13. The number of hydrogen-bond donors (Lipinski definition) is 1. The van der Waals surface area contributed by atoms with Crippen LogP contribution in [0.2, 0.25) is 0 Å². The zero-order valence-corrected chi connectivity index (χ0v) is 14.8. The van der Waals surface area contributed by atoms with Crippen molar-refractivity contribution in [2.75, 3.05) is 18.2 Å². The number of methoxy groups -OCH3 is 1. The van der Waals surface area contributed by atoms with E-state index in [0.717, 1.165) is 16.2 Å². The third-order valence-corrected chi connectivity index (χ3v) is 4.42. The molecule has 3 rings (SSSR count). The van der Waals surface area contributed by atoms with Crippen molar-refractivity contribution < 1.29 is 18.3 Å². The molecule has 0 aliphatic carbocycles. The molecule has 3 aromatic rings. The molecule has 6 nitrogen and oxygen atoms in total. The molecule has 0 radical (unpaired) electrons. The molecule has 0 saturated carbocycles. The highest BCUT2D eigenvalue weighted by atomic mass is 32.2. The van der Waals surface area contributed by atoms with Gasteiger partial charge in [-0.05, 0) is 42.0 Å². The van der Waals surface area contributed by atoms with Gasteiger partial charge in [0.25, 0.3) is 0 Å². The Hall–Kier alpha value is -2.87. The van der Waals surface area contributed by atoms with E-state index in [1.165, 1.54) is 23.9 Å². The Bertz CT molecular complexity index is 866. The summed E-state index contributed by atoms with van der Waals surface area (Å²) in [6, 6.07) is 13.5. The average Bonchev–Trinajstić information content (AvgIpc) is 3.09. The molecule has 0 aliphatic heterocycles. The molecule has 0 fully saturated rings. The number of amides is 1. The summed E-state index contributed by atoms with van der Waals surface area (Å²) in [5.74, 6) is 0.764. The van der Waals surface area contributed by atoms with Crippen molar-refractivity contribution >= 4 is 23.7 Å². The van der Waals surface area contributed by atoms with E-state index in [2.05, 4.69) is 15.5 Å². The maximum atomic E-state index is 12.9. The largest absolute Gasteiger partial charge is 0.497 e.